The van der Waals surface area contributed by atoms with Crippen molar-refractivity contribution in [2.75, 3.05) is 7.11 Å². The number of nitrogens with one attached hydrogen (secondary N) is 1. The van der Waals surface area contributed by atoms with Crippen LogP contribution in [0.15, 0.2) is 36.4 Å². The van der Waals surface area contributed by atoms with Gasteiger partial charge in [-0.15, -0.1) is 0 Å². The number of para-hydroxylation sites is 2. The molecule has 0 bridgehead atoms. The van der Waals surface area contributed by atoms with Crippen LogP contribution in [0.4, 0.5) is 4.79 Å². The van der Waals surface area contributed by atoms with Gasteiger partial charge in [0.2, 0.25) is 0 Å². The van der Waals surface area contributed by atoms with Gasteiger partial charge in [-0.3, -0.25) is 0 Å². The van der Waals surface area contributed by atoms with Gasteiger partial charge >= 0.3 is 6.09 Å². The van der Waals surface area contributed by atoms with Crippen LogP contribution < -0.4 is 20.5 Å². The molecule has 1 amide bonds. The van der Waals surface area contributed by atoms with Gasteiger partial charge in [0.05, 0.1) is 7.11 Å². The minimum atomic E-state index is -0.496. The molecule has 2 atom stereocenters. The monoisotopic (exact) mass is 290 g/mol. The lowest BCUT2D eigenvalue weighted by Crippen LogP contribution is -2.48. The molecule has 114 valence electrons. The van der Waals surface area contributed by atoms with E-state index in [0.717, 1.165) is 25.7 Å². The van der Waals surface area contributed by atoms with E-state index < -0.39 is 6.09 Å². The van der Waals surface area contributed by atoms with Crippen molar-refractivity contribution in [3.63, 3.8) is 0 Å². The van der Waals surface area contributed by atoms with Crippen LogP contribution >= 0.6 is 0 Å². The summed E-state index contributed by atoms with van der Waals surface area (Å²) in [6.45, 7) is 0. The number of carbonyl (C=O) groups is 1. The third kappa shape index (κ3) is 4.49. The highest BCUT2D eigenvalue weighted by Gasteiger charge is 2.21. The number of allylic oxidation sites excluding steroid dienone is 2. The smallest absolute Gasteiger partial charge is 0.413 e. The molecule has 0 heterocycles. The Bertz CT molecular complexity index is 502. The first kappa shape index (κ1) is 15.4. The van der Waals surface area contributed by atoms with E-state index in [1.807, 2.05) is 6.07 Å². The predicted octanol–water partition coefficient (Wildman–Crippen LogP) is 2.61. The van der Waals surface area contributed by atoms with Crippen LogP contribution in [0.5, 0.6) is 11.5 Å². The maximum Gasteiger partial charge on any atom is 0.413 e. The minimum Gasteiger partial charge on any atom is -0.493 e. The number of hydrogen-bond donors (Lipinski definition) is 2. The maximum atomic E-state index is 12.0. The molecule has 0 saturated heterocycles. The quantitative estimate of drug-likeness (QED) is 0.839. The first-order chi connectivity index (χ1) is 10.2. The number of methoxy groups -OCH3 is 1. The second-order valence-electron chi connectivity index (χ2n) is 5.08. The number of nitrogens with two attached hydrogens (primary N) is 1. The van der Waals surface area contributed by atoms with Gasteiger partial charge in [-0.05, 0) is 37.8 Å². The molecule has 1 aliphatic rings. The van der Waals surface area contributed by atoms with Crippen molar-refractivity contribution < 1.29 is 14.3 Å². The second kappa shape index (κ2) is 7.69. The fraction of sp³-hybridized carbons (Fsp3) is 0.438. The Balaban J connectivity index is 1.95. The molecule has 0 aliphatic heterocycles. The van der Waals surface area contributed by atoms with Crippen molar-refractivity contribution in [1.29, 1.82) is 0 Å². The summed E-state index contributed by atoms with van der Waals surface area (Å²) in [7, 11) is 1.54. The van der Waals surface area contributed by atoms with E-state index in [2.05, 4.69) is 17.5 Å². The molecular formula is C16H22N2O3. The Morgan fingerprint density at radius 2 is 1.86 bits per heavy atom. The zero-order valence-corrected chi connectivity index (χ0v) is 12.2. The van der Waals surface area contributed by atoms with Crippen molar-refractivity contribution in [3.8, 4) is 11.5 Å². The zero-order valence-electron chi connectivity index (χ0n) is 12.2. The highest BCUT2D eigenvalue weighted by atomic mass is 16.6. The Morgan fingerprint density at radius 3 is 2.57 bits per heavy atom. The van der Waals surface area contributed by atoms with E-state index >= 15 is 0 Å². The van der Waals surface area contributed by atoms with E-state index in [1.54, 1.807) is 18.2 Å². The van der Waals surface area contributed by atoms with Gasteiger partial charge < -0.3 is 20.5 Å². The number of rotatable bonds is 3. The summed E-state index contributed by atoms with van der Waals surface area (Å²) in [6.07, 6.45) is 7.31. The first-order valence-corrected chi connectivity index (χ1v) is 7.22. The van der Waals surface area contributed by atoms with Gasteiger partial charge in [0.1, 0.15) is 0 Å². The first-order valence-electron chi connectivity index (χ1n) is 7.22. The molecule has 0 aromatic heterocycles. The van der Waals surface area contributed by atoms with Gasteiger partial charge in [0.25, 0.3) is 0 Å². The zero-order chi connectivity index (χ0) is 15.1. The van der Waals surface area contributed by atoms with E-state index in [0.29, 0.717) is 11.5 Å². The van der Waals surface area contributed by atoms with Crippen molar-refractivity contribution in [1.82, 2.24) is 5.32 Å². The van der Waals surface area contributed by atoms with Crippen molar-refractivity contribution in [2.45, 2.75) is 37.8 Å². The molecule has 2 unspecified atom stereocenters. The molecule has 21 heavy (non-hydrogen) atoms. The number of hydrogen-bond acceptors (Lipinski definition) is 4. The lowest BCUT2D eigenvalue weighted by Gasteiger charge is -2.25. The Labute approximate surface area is 125 Å². The van der Waals surface area contributed by atoms with E-state index in [4.69, 9.17) is 15.2 Å². The highest BCUT2D eigenvalue weighted by Crippen LogP contribution is 2.25. The number of ether oxygens (including phenoxy) is 2. The van der Waals surface area contributed by atoms with E-state index in [9.17, 15) is 4.79 Å². The predicted molar refractivity (Wildman–Crippen MR) is 81.5 cm³/mol. The molecule has 5 nitrogen and oxygen atoms in total. The molecular weight excluding hydrogens is 268 g/mol. The summed E-state index contributed by atoms with van der Waals surface area (Å²) >= 11 is 0. The van der Waals surface area contributed by atoms with Crippen molar-refractivity contribution in [3.05, 3.63) is 36.4 Å². The Kier molecular flexibility index (Phi) is 5.63. The van der Waals surface area contributed by atoms with Gasteiger partial charge in [0, 0.05) is 12.1 Å². The van der Waals surface area contributed by atoms with Crippen molar-refractivity contribution in [2.24, 2.45) is 5.73 Å². The van der Waals surface area contributed by atoms with E-state index in [-0.39, 0.29) is 12.1 Å². The number of amides is 1. The minimum absolute atomic E-state index is 0.0554. The lowest BCUT2D eigenvalue weighted by atomic mass is 9.96. The average molecular weight is 290 g/mol. The molecule has 0 fully saturated rings. The molecule has 1 aliphatic carbocycles. The third-order valence-corrected chi connectivity index (χ3v) is 3.57. The van der Waals surface area contributed by atoms with Gasteiger partial charge in [-0.25, -0.2) is 4.79 Å². The third-order valence-electron chi connectivity index (χ3n) is 3.57. The summed E-state index contributed by atoms with van der Waals surface area (Å²) in [5, 5.41) is 2.86. The van der Waals surface area contributed by atoms with Crippen LogP contribution in [-0.4, -0.2) is 25.3 Å². The van der Waals surface area contributed by atoms with Gasteiger partial charge in [0.15, 0.2) is 11.5 Å². The summed E-state index contributed by atoms with van der Waals surface area (Å²) in [5.41, 5.74) is 6.12. The average Bonchev–Trinajstić information content (AvgIpc) is 2.47. The summed E-state index contributed by atoms with van der Waals surface area (Å²) in [6, 6.07) is 6.92. The molecule has 0 saturated carbocycles. The van der Waals surface area contributed by atoms with Crippen LogP contribution in [0.1, 0.15) is 25.7 Å². The van der Waals surface area contributed by atoms with Crippen LogP contribution in [0.2, 0.25) is 0 Å². The second-order valence-corrected chi connectivity index (χ2v) is 5.08. The number of benzene rings is 1. The summed E-state index contributed by atoms with van der Waals surface area (Å²) < 4.78 is 10.5. The fourth-order valence-electron chi connectivity index (χ4n) is 2.38. The normalized spacial score (nSPS) is 22.0. The molecule has 0 radical (unpaired) electrons. The summed E-state index contributed by atoms with van der Waals surface area (Å²) in [4.78, 5) is 12.0. The Morgan fingerprint density at radius 1 is 1.19 bits per heavy atom. The fourth-order valence-corrected chi connectivity index (χ4v) is 2.38. The van der Waals surface area contributed by atoms with E-state index in [1.165, 1.54) is 7.11 Å². The molecule has 1 aromatic carbocycles. The highest BCUT2D eigenvalue weighted by molar-refractivity contribution is 5.71. The van der Waals surface area contributed by atoms with Crippen LogP contribution in [0.25, 0.3) is 0 Å². The van der Waals surface area contributed by atoms with Gasteiger partial charge in [-0.1, -0.05) is 24.3 Å². The van der Waals surface area contributed by atoms with Crippen LogP contribution in [0.3, 0.4) is 0 Å². The molecule has 0 spiro atoms. The SMILES string of the molecule is COc1ccccc1OC(=O)NC1CCC=CCCC1N. The van der Waals surface area contributed by atoms with Crippen LogP contribution in [-0.2, 0) is 0 Å². The maximum absolute atomic E-state index is 12.0. The topological polar surface area (TPSA) is 73.6 Å². The Hall–Kier alpha value is -2.01. The standard InChI is InChI=1S/C16H22N2O3/c1-20-14-10-6-7-11-15(14)21-16(19)18-13-9-5-3-2-4-8-12(13)17/h2-3,6-7,10-13H,4-5,8-9,17H2,1H3,(H,18,19). The van der Waals surface area contributed by atoms with Gasteiger partial charge in [-0.2, -0.15) is 0 Å². The van der Waals surface area contributed by atoms with Crippen LogP contribution in [0, 0.1) is 0 Å². The number of carbonyl (C=O) groups excluding carboxylic acids is 1. The lowest BCUT2D eigenvalue weighted by molar-refractivity contribution is 0.190. The van der Waals surface area contributed by atoms with Crippen molar-refractivity contribution >= 4 is 6.09 Å². The summed E-state index contributed by atoms with van der Waals surface area (Å²) in [5.74, 6) is 0.925. The largest absolute Gasteiger partial charge is 0.493 e. The molecule has 5 heteroatoms. The molecule has 2 rings (SSSR count). The molecule has 1 aromatic rings. The molecule has 3 N–H and O–H groups in total.